The lowest BCUT2D eigenvalue weighted by Crippen LogP contribution is -2.47. The summed E-state index contributed by atoms with van der Waals surface area (Å²) < 4.78 is 20.2. The summed E-state index contributed by atoms with van der Waals surface area (Å²) in [6.45, 7) is 9.02. The summed E-state index contributed by atoms with van der Waals surface area (Å²) in [6, 6.07) is 2.23. The molecule has 5 N–H and O–H groups in total. The van der Waals surface area contributed by atoms with Gasteiger partial charge in [-0.3, -0.25) is 9.78 Å². The Morgan fingerprint density at radius 2 is 1.94 bits per heavy atom. The first-order valence-electron chi connectivity index (χ1n) is 11.4. The Bertz CT molecular complexity index is 1050. The first-order valence-corrected chi connectivity index (χ1v) is 11.4. The number of pyridine rings is 2. The van der Waals surface area contributed by atoms with Crippen LogP contribution in [-0.2, 0) is 4.74 Å². The molecule has 1 fully saturated rings. The molecule has 0 bridgehead atoms. The highest BCUT2D eigenvalue weighted by atomic mass is 19.1. The molecule has 2 atom stereocenters. The van der Waals surface area contributed by atoms with E-state index in [-0.39, 0.29) is 23.2 Å². The molecule has 1 aliphatic carbocycles. The zero-order valence-electron chi connectivity index (χ0n) is 20.2. The molecule has 2 heterocycles. The van der Waals surface area contributed by atoms with Gasteiger partial charge in [-0.2, -0.15) is 0 Å². The van der Waals surface area contributed by atoms with Crippen LogP contribution >= 0.6 is 0 Å². The fourth-order valence-corrected chi connectivity index (χ4v) is 3.53. The zero-order valence-corrected chi connectivity index (χ0v) is 20.2. The number of alkyl carbamates (subject to hydrolysis) is 1. The van der Waals surface area contributed by atoms with Gasteiger partial charge in [0.1, 0.15) is 11.4 Å². The maximum atomic E-state index is 14.8. The van der Waals surface area contributed by atoms with Gasteiger partial charge in [-0.25, -0.2) is 14.2 Å². The molecular weight excluding hydrogens is 439 g/mol. The minimum Gasteiger partial charge on any atom is -0.444 e. The van der Waals surface area contributed by atoms with Gasteiger partial charge in [0.2, 0.25) is 0 Å². The van der Waals surface area contributed by atoms with Crippen LogP contribution in [0.5, 0.6) is 0 Å². The number of hydrogen-bond acceptors (Lipinski definition) is 7. The largest absolute Gasteiger partial charge is 0.444 e. The van der Waals surface area contributed by atoms with E-state index in [1.165, 1.54) is 0 Å². The summed E-state index contributed by atoms with van der Waals surface area (Å²) in [4.78, 5) is 32.7. The lowest BCUT2D eigenvalue weighted by atomic mass is 10.1. The third-order valence-electron chi connectivity index (χ3n) is 5.42. The predicted octanol–water partition coefficient (Wildman–Crippen LogP) is 4.44. The normalized spacial score (nSPS) is 15.2. The minimum atomic E-state index is -0.808. The van der Waals surface area contributed by atoms with Crippen LogP contribution in [0.25, 0.3) is 0 Å². The monoisotopic (exact) mass is 472 g/mol. The van der Waals surface area contributed by atoms with E-state index < -0.39 is 29.5 Å². The van der Waals surface area contributed by atoms with Gasteiger partial charge in [-0.15, -0.1) is 0 Å². The highest BCUT2D eigenvalue weighted by Crippen LogP contribution is 2.40. The SMILES string of the molecule is CC[C@H](NC(=O)OC(C)(C)C)[C@@H](C)Nc1nc(Nc2cncc(C3CC3)c2)c(C(N)=O)cc1F. The van der Waals surface area contributed by atoms with Crippen molar-refractivity contribution in [2.75, 3.05) is 10.6 Å². The number of nitrogens with two attached hydrogens (primary N) is 1. The summed E-state index contributed by atoms with van der Waals surface area (Å²) in [7, 11) is 0. The standard InChI is InChI=1S/C24H33FN6O3/c1-6-19(30-23(33)34-24(3,4)5)13(2)28-22-18(25)10-17(20(26)32)21(31-22)29-16-9-15(11-27-12-16)14-7-8-14/h9-14,19H,6-8H2,1-5H3,(H2,26,32)(H,30,33)(H2,28,29,31)/t13-,19+/m1/s1. The first kappa shape index (κ1) is 25.2. The third kappa shape index (κ3) is 6.79. The number of nitrogens with zero attached hydrogens (tertiary/aromatic N) is 2. The minimum absolute atomic E-state index is 0.0734. The van der Waals surface area contributed by atoms with Crippen LogP contribution in [0.3, 0.4) is 0 Å². The van der Waals surface area contributed by atoms with Gasteiger partial charge in [-0.05, 0) is 70.6 Å². The second-order valence-electron chi connectivity index (χ2n) is 9.58. The van der Waals surface area contributed by atoms with Crippen molar-refractivity contribution in [3.05, 3.63) is 41.5 Å². The molecule has 2 amide bonds. The number of hydrogen-bond donors (Lipinski definition) is 4. The summed E-state index contributed by atoms with van der Waals surface area (Å²) >= 11 is 0. The van der Waals surface area contributed by atoms with Gasteiger partial charge in [0, 0.05) is 12.2 Å². The summed E-state index contributed by atoms with van der Waals surface area (Å²) in [5, 5.41) is 8.84. The van der Waals surface area contributed by atoms with E-state index in [1.807, 2.05) is 19.2 Å². The van der Waals surface area contributed by atoms with Crippen molar-refractivity contribution in [2.24, 2.45) is 5.73 Å². The molecule has 0 unspecified atom stereocenters. The van der Waals surface area contributed by atoms with Gasteiger partial charge in [0.15, 0.2) is 11.6 Å². The molecule has 10 heteroatoms. The molecule has 0 aromatic carbocycles. The molecule has 1 aliphatic rings. The van der Waals surface area contributed by atoms with Crippen LogP contribution in [-0.4, -0.2) is 39.7 Å². The van der Waals surface area contributed by atoms with E-state index in [0.717, 1.165) is 24.5 Å². The Balaban J connectivity index is 1.80. The highest BCUT2D eigenvalue weighted by Gasteiger charge is 2.26. The molecule has 1 saturated carbocycles. The molecule has 0 aliphatic heterocycles. The number of primary amides is 1. The molecule has 34 heavy (non-hydrogen) atoms. The molecule has 0 radical (unpaired) electrons. The number of halogens is 1. The fourth-order valence-electron chi connectivity index (χ4n) is 3.53. The molecule has 3 rings (SSSR count). The predicted molar refractivity (Wildman–Crippen MR) is 129 cm³/mol. The van der Waals surface area contributed by atoms with E-state index in [2.05, 4.69) is 25.9 Å². The molecule has 184 valence electrons. The zero-order chi connectivity index (χ0) is 25.0. The average molecular weight is 473 g/mol. The third-order valence-corrected chi connectivity index (χ3v) is 5.42. The second-order valence-corrected chi connectivity index (χ2v) is 9.58. The van der Waals surface area contributed by atoms with Crippen molar-refractivity contribution in [2.45, 2.75) is 77.5 Å². The van der Waals surface area contributed by atoms with E-state index in [1.54, 1.807) is 33.9 Å². The van der Waals surface area contributed by atoms with Crippen molar-refractivity contribution in [1.29, 1.82) is 0 Å². The quantitative estimate of drug-likeness (QED) is 0.424. The van der Waals surface area contributed by atoms with Crippen molar-refractivity contribution >= 4 is 29.3 Å². The Morgan fingerprint density at radius 1 is 1.24 bits per heavy atom. The van der Waals surface area contributed by atoms with E-state index in [9.17, 15) is 14.0 Å². The van der Waals surface area contributed by atoms with Gasteiger partial charge in [0.25, 0.3) is 5.91 Å². The molecule has 2 aromatic heterocycles. The number of carbonyl (C=O) groups excluding carboxylic acids is 2. The maximum Gasteiger partial charge on any atom is 0.407 e. The smallest absolute Gasteiger partial charge is 0.407 e. The summed E-state index contributed by atoms with van der Waals surface area (Å²) in [5.74, 6) is -1.00. The Kier molecular flexibility index (Phi) is 7.58. The number of carbonyl (C=O) groups is 2. The van der Waals surface area contributed by atoms with Crippen molar-refractivity contribution in [1.82, 2.24) is 15.3 Å². The lowest BCUT2D eigenvalue weighted by Gasteiger charge is -2.27. The van der Waals surface area contributed by atoms with Crippen LogP contribution < -0.4 is 21.7 Å². The number of rotatable bonds is 9. The number of nitrogens with one attached hydrogen (secondary N) is 3. The topological polar surface area (TPSA) is 131 Å². The molecular formula is C24H33FN6O3. The molecule has 0 spiro atoms. The average Bonchev–Trinajstić information content (AvgIpc) is 3.58. The van der Waals surface area contributed by atoms with Crippen molar-refractivity contribution < 1.29 is 18.7 Å². The lowest BCUT2D eigenvalue weighted by molar-refractivity contribution is 0.0498. The molecule has 9 nitrogen and oxygen atoms in total. The van der Waals surface area contributed by atoms with Crippen LogP contribution in [0.4, 0.5) is 26.5 Å². The number of aromatic nitrogens is 2. The molecule has 0 saturated heterocycles. The number of ether oxygens (including phenoxy) is 1. The number of anilines is 3. The highest BCUT2D eigenvalue weighted by molar-refractivity contribution is 5.98. The van der Waals surface area contributed by atoms with Gasteiger partial charge >= 0.3 is 6.09 Å². The summed E-state index contributed by atoms with van der Waals surface area (Å²) in [6.07, 6.45) is 5.67. The van der Waals surface area contributed by atoms with Crippen LogP contribution in [0.2, 0.25) is 0 Å². The van der Waals surface area contributed by atoms with Gasteiger partial charge < -0.3 is 26.4 Å². The van der Waals surface area contributed by atoms with Crippen molar-refractivity contribution in [3.8, 4) is 0 Å². The van der Waals surface area contributed by atoms with Gasteiger partial charge in [-0.1, -0.05) is 6.92 Å². The Hall–Kier alpha value is -3.43. The van der Waals surface area contributed by atoms with Crippen molar-refractivity contribution in [3.63, 3.8) is 0 Å². The van der Waals surface area contributed by atoms with Crippen LogP contribution in [0.15, 0.2) is 24.5 Å². The first-order chi connectivity index (χ1) is 16.0. The van der Waals surface area contributed by atoms with Gasteiger partial charge in [0.05, 0.1) is 23.5 Å². The van der Waals surface area contributed by atoms with E-state index in [4.69, 9.17) is 10.5 Å². The Labute approximate surface area is 199 Å². The maximum absolute atomic E-state index is 14.8. The van der Waals surface area contributed by atoms with Crippen LogP contribution in [0.1, 0.15) is 75.7 Å². The molecule has 2 aromatic rings. The van der Waals surface area contributed by atoms with E-state index in [0.29, 0.717) is 18.0 Å². The fraction of sp³-hybridized carbons (Fsp3) is 0.500. The van der Waals surface area contributed by atoms with E-state index >= 15 is 0 Å². The number of amides is 2. The second kappa shape index (κ2) is 10.2. The Morgan fingerprint density at radius 3 is 2.53 bits per heavy atom. The van der Waals surface area contributed by atoms with Crippen LogP contribution in [0, 0.1) is 5.82 Å². The summed E-state index contributed by atoms with van der Waals surface area (Å²) in [5.41, 5.74) is 6.48.